The van der Waals surface area contributed by atoms with Gasteiger partial charge in [0.15, 0.2) is 5.17 Å². The fraction of sp³-hybridized carbons (Fsp3) is 0.500. The topological polar surface area (TPSA) is 15.6 Å². The third-order valence-electron chi connectivity index (χ3n) is 3.24. The first-order chi connectivity index (χ1) is 9.10. The molecule has 2 nitrogen and oxygen atoms in total. The van der Waals surface area contributed by atoms with E-state index in [1.54, 1.807) is 17.8 Å². The predicted octanol–water partition coefficient (Wildman–Crippen LogP) is 5.08. The van der Waals surface area contributed by atoms with Gasteiger partial charge >= 0.3 is 0 Å². The lowest BCUT2D eigenvalue weighted by Gasteiger charge is -2.32. The standard InChI is InChI=1S/C14H18Cl2N2S/c1-10-4-3-7-18(9-10)14(19-2)17-11-5-6-12(15)13(16)8-11/h5-6,8,10H,3-4,7,9H2,1-2H3. The van der Waals surface area contributed by atoms with E-state index < -0.39 is 0 Å². The molecule has 1 aromatic rings. The number of halogens is 2. The molecule has 1 atom stereocenters. The number of nitrogens with zero attached hydrogens (tertiary/aromatic N) is 2. The Kier molecular flexibility index (Phi) is 5.43. The average molecular weight is 317 g/mol. The van der Waals surface area contributed by atoms with Gasteiger partial charge in [-0.05, 0) is 43.2 Å². The van der Waals surface area contributed by atoms with Gasteiger partial charge in [0.05, 0.1) is 15.7 Å². The smallest absolute Gasteiger partial charge is 0.164 e. The number of hydrogen-bond acceptors (Lipinski definition) is 2. The van der Waals surface area contributed by atoms with Crippen LogP contribution in [0.5, 0.6) is 0 Å². The first-order valence-corrected chi connectivity index (χ1v) is 8.41. The van der Waals surface area contributed by atoms with Gasteiger partial charge in [-0.2, -0.15) is 0 Å². The minimum atomic E-state index is 0.551. The number of aliphatic imine (C=N–C) groups is 1. The Bertz CT molecular complexity index is 477. The number of hydrogen-bond donors (Lipinski definition) is 0. The number of amidine groups is 1. The number of rotatable bonds is 1. The van der Waals surface area contributed by atoms with E-state index in [1.807, 2.05) is 12.1 Å². The molecule has 0 bridgehead atoms. The van der Waals surface area contributed by atoms with Crippen molar-refractivity contribution in [1.82, 2.24) is 4.90 Å². The molecule has 1 saturated heterocycles. The Morgan fingerprint density at radius 1 is 1.37 bits per heavy atom. The van der Waals surface area contributed by atoms with Gasteiger partial charge in [-0.15, -0.1) is 0 Å². The third kappa shape index (κ3) is 4.04. The molecule has 0 amide bonds. The monoisotopic (exact) mass is 316 g/mol. The fourth-order valence-corrected chi connectivity index (χ4v) is 3.19. The van der Waals surface area contributed by atoms with E-state index in [2.05, 4.69) is 18.1 Å². The lowest BCUT2D eigenvalue weighted by Crippen LogP contribution is -2.37. The van der Waals surface area contributed by atoms with Gasteiger partial charge in [0.1, 0.15) is 0 Å². The van der Waals surface area contributed by atoms with Gasteiger partial charge in [0, 0.05) is 13.1 Å². The van der Waals surface area contributed by atoms with Gasteiger partial charge < -0.3 is 4.90 Å². The number of likely N-dealkylation sites (tertiary alicyclic amines) is 1. The van der Waals surface area contributed by atoms with E-state index in [-0.39, 0.29) is 0 Å². The van der Waals surface area contributed by atoms with Gasteiger partial charge in [-0.25, -0.2) is 4.99 Å². The van der Waals surface area contributed by atoms with Crippen molar-refractivity contribution in [1.29, 1.82) is 0 Å². The van der Waals surface area contributed by atoms with Crippen LogP contribution in [0.15, 0.2) is 23.2 Å². The quantitative estimate of drug-likeness (QED) is 0.530. The van der Waals surface area contributed by atoms with Gasteiger partial charge in [-0.3, -0.25) is 0 Å². The highest BCUT2D eigenvalue weighted by Gasteiger charge is 2.19. The second-order valence-electron chi connectivity index (χ2n) is 4.89. The number of benzene rings is 1. The molecule has 1 aliphatic rings. The molecule has 1 fully saturated rings. The lowest BCUT2D eigenvalue weighted by molar-refractivity contribution is 0.277. The molecule has 0 spiro atoms. The van der Waals surface area contributed by atoms with Crippen LogP contribution < -0.4 is 0 Å². The summed E-state index contributed by atoms with van der Waals surface area (Å²) in [5.74, 6) is 0.736. The molecular weight excluding hydrogens is 299 g/mol. The molecule has 0 aliphatic carbocycles. The summed E-state index contributed by atoms with van der Waals surface area (Å²) >= 11 is 13.6. The molecule has 1 aromatic carbocycles. The summed E-state index contributed by atoms with van der Waals surface area (Å²) in [5, 5.41) is 2.18. The van der Waals surface area contributed by atoms with Crippen molar-refractivity contribution in [2.24, 2.45) is 10.9 Å². The van der Waals surface area contributed by atoms with Crippen molar-refractivity contribution in [3.8, 4) is 0 Å². The average Bonchev–Trinajstić information content (AvgIpc) is 2.40. The van der Waals surface area contributed by atoms with Crippen molar-refractivity contribution in [3.63, 3.8) is 0 Å². The molecule has 1 aliphatic heterocycles. The summed E-state index contributed by atoms with van der Waals surface area (Å²) in [6, 6.07) is 5.50. The first-order valence-electron chi connectivity index (χ1n) is 6.43. The molecule has 1 heterocycles. The van der Waals surface area contributed by atoms with E-state index in [0.717, 1.165) is 29.9 Å². The molecule has 0 saturated carbocycles. The Morgan fingerprint density at radius 2 is 2.16 bits per heavy atom. The molecule has 0 radical (unpaired) electrons. The van der Waals surface area contributed by atoms with Crippen molar-refractivity contribution in [3.05, 3.63) is 28.2 Å². The summed E-state index contributed by atoms with van der Waals surface area (Å²) in [4.78, 5) is 7.06. The summed E-state index contributed by atoms with van der Waals surface area (Å²) in [6.45, 7) is 4.47. The minimum Gasteiger partial charge on any atom is -0.351 e. The maximum atomic E-state index is 6.03. The molecule has 2 rings (SSSR count). The van der Waals surface area contributed by atoms with Crippen LogP contribution in [0.25, 0.3) is 0 Å². The van der Waals surface area contributed by atoms with Crippen LogP contribution in [0.4, 0.5) is 5.69 Å². The van der Waals surface area contributed by atoms with E-state index >= 15 is 0 Å². The zero-order valence-corrected chi connectivity index (χ0v) is 13.5. The van der Waals surface area contributed by atoms with Crippen LogP contribution in [-0.2, 0) is 0 Å². The maximum absolute atomic E-state index is 6.03. The van der Waals surface area contributed by atoms with Crippen LogP contribution in [0.3, 0.4) is 0 Å². The lowest BCUT2D eigenvalue weighted by atomic mass is 10.0. The normalized spacial score (nSPS) is 20.7. The van der Waals surface area contributed by atoms with Crippen molar-refractivity contribution >= 4 is 45.8 Å². The fourth-order valence-electron chi connectivity index (χ4n) is 2.27. The third-order valence-corrected chi connectivity index (χ3v) is 4.69. The number of piperidine rings is 1. The van der Waals surface area contributed by atoms with Gasteiger partial charge in [0.25, 0.3) is 0 Å². The molecule has 104 valence electrons. The zero-order valence-electron chi connectivity index (χ0n) is 11.2. The van der Waals surface area contributed by atoms with Crippen LogP contribution in [0, 0.1) is 5.92 Å². The van der Waals surface area contributed by atoms with E-state index in [1.165, 1.54) is 12.8 Å². The van der Waals surface area contributed by atoms with Gasteiger partial charge in [0.2, 0.25) is 0 Å². The van der Waals surface area contributed by atoms with Crippen molar-refractivity contribution in [2.75, 3.05) is 19.3 Å². The molecule has 5 heteroatoms. The second-order valence-corrected chi connectivity index (χ2v) is 6.48. The molecule has 19 heavy (non-hydrogen) atoms. The summed E-state index contributed by atoms with van der Waals surface area (Å²) in [5.41, 5.74) is 0.858. The zero-order chi connectivity index (χ0) is 13.8. The van der Waals surface area contributed by atoms with E-state index in [9.17, 15) is 0 Å². The predicted molar refractivity (Wildman–Crippen MR) is 87.0 cm³/mol. The number of thioether (sulfide) groups is 1. The maximum Gasteiger partial charge on any atom is 0.164 e. The largest absolute Gasteiger partial charge is 0.351 e. The highest BCUT2D eigenvalue weighted by atomic mass is 35.5. The Hall–Kier alpha value is -0.380. The molecule has 0 N–H and O–H groups in total. The van der Waals surface area contributed by atoms with Crippen molar-refractivity contribution in [2.45, 2.75) is 19.8 Å². The molecule has 0 aromatic heterocycles. The highest BCUT2D eigenvalue weighted by Crippen LogP contribution is 2.28. The van der Waals surface area contributed by atoms with E-state index in [4.69, 9.17) is 28.2 Å². The summed E-state index contributed by atoms with van der Waals surface area (Å²) < 4.78 is 0. The van der Waals surface area contributed by atoms with Crippen LogP contribution in [0.1, 0.15) is 19.8 Å². The molecular formula is C14H18Cl2N2S. The second kappa shape index (κ2) is 6.87. The Balaban J connectivity index is 2.19. The van der Waals surface area contributed by atoms with Gasteiger partial charge in [-0.1, -0.05) is 41.9 Å². The Labute approximate surface area is 129 Å². The first kappa shape index (κ1) is 15.0. The van der Waals surface area contributed by atoms with Crippen molar-refractivity contribution < 1.29 is 0 Å². The highest BCUT2D eigenvalue weighted by molar-refractivity contribution is 8.13. The van der Waals surface area contributed by atoms with Crippen LogP contribution in [-0.4, -0.2) is 29.4 Å². The van der Waals surface area contributed by atoms with Crippen LogP contribution in [0.2, 0.25) is 10.0 Å². The Morgan fingerprint density at radius 3 is 2.79 bits per heavy atom. The summed E-state index contributed by atoms with van der Waals surface area (Å²) in [7, 11) is 0. The van der Waals surface area contributed by atoms with Crippen LogP contribution >= 0.6 is 35.0 Å². The molecule has 1 unspecified atom stereocenters. The minimum absolute atomic E-state index is 0.551. The SMILES string of the molecule is CSC(=Nc1ccc(Cl)c(Cl)c1)N1CCCC(C)C1. The van der Waals surface area contributed by atoms with E-state index in [0.29, 0.717) is 10.0 Å². The summed E-state index contributed by atoms with van der Waals surface area (Å²) in [6.07, 6.45) is 4.61.